The van der Waals surface area contributed by atoms with Gasteiger partial charge in [0, 0.05) is 49.8 Å². The zero-order valence-corrected chi connectivity index (χ0v) is 34.7. The molecule has 0 radical (unpaired) electrons. The molecule has 326 valence electrons. The van der Waals surface area contributed by atoms with Crippen LogP contribution >= 0.6 is 12.6 Å². The Bertz CT molecular complexity index is 2050. The number of aromatic hydroxyl groups is 1. The number of nitrogens with two attached hydrogens (primary N) is 1. The highest BCUT2D eigenvalue weighted by atomic mass is 32.2. The molecule has 0 unspecified atom stereocenters. The van der Waals surface area contributed by atoms with Gasteiger partial charge in [0.1, 0.15) is 47.5 Å². The molecule has 1 saturated heterocycles. The first-order chi connectivity index (χ1) is 27.5. The van der Waals surface area contributed by atoms with E-state index in [1.165, 1.54) is 64.0 Å². The van der Waals surface area contributed by atoms with Crippen LogP contribution in [-0.2, 0) is 50.0 Å². The van der Waals surface area contributed by atoms with Gasteiger partial charge in [0.15, 0.2) is 0 Å². The molecule has 1 fully saturated rings. The molecule has 11 N–H and O–H groups in total. The van der Waals surface area contributed by atoms with Gasteiger partial charge in [-0.2, -0.15) is 12.6 Å². The third-order valence-corrected chi connectivity index (χ3v) is 11.4. The number of nitrogens with one attached hydrogen (secondary N) is 5. The number of phenols is 1. The maximum absolute atomic E-state index is 14.0. The molecule has 59 heavy (non-hydrogen) atoms. The fraction of sp³-hybridized carbons (Fsp3) is 0.543. The van der Waals surface area contributed by atoms with Gasteiger partial charge in [-0.1, -0.05) is 0 Å². The van der Waals surface area contributed by atoms with Gasteiger partial charge >= 0.3 is 0 Å². The van der Waals surface area contributed by atoms with E-state index in [2.05, 4.69) is 44.2 Å². The number of aromatic nitrogens is 1. The van der Waals surface area contributed by atoms with E-state index in [9.17, 15) is 62.4 Å². The van der Waals surface area contributed by atoms with Crippen LogP contribution in [0, 0.1) is 0 Å². The van der Waals surface area contributed by atoms with E-state index in [-0.39, 0.29) is 46.6 Å². The molecule has 1 aliphatic rings. The van der Waals surface area contributed by atoms with Gasteiger partial charge in [0.05, 0.1) is 24.7 Å². The van der Waals surface area contributed by atoms with E-state index in [1.54, 1.807) is 0 Å². The summed E-state index contributed by atoms with van der Waals surface area (Å²) in [7, 11) is -1.24. The molecule has 0 bridgehead atoms. The second-order valence-electron chi connectivity index (χ2n) is 14.4. The number of aliphatic hydroxyl groups excluding tert-OH is 3. The predicted molar refractivity (Wildman–Crippen MR) is 212 cm³/mol. The molecule has 6 atom stereocenters. The number of phenolic OH excluding ortho intramolecular Hbond substituents is 1. The average molecular weight is 870 g/mol. The molecular weight excluding hydrogens is 819 g/mol. The lowest BCUT2D eigenvalue weighted by atomic mass is 10.0. The lowest BCUT2D eigenvalue weighted by Gasteiger charge is -2.32. The van der Waals surface area contributed by atoms with Crippen LogP contribution in [0.5, 0.6) is 5.75 Å². The standard InChI is InChI=1S/C35H51N9O13S2/c1-17(48)37-20(13-18-8-9-19-26(59(56,57)43(4)5)11-10-25(49)27(19)38-18)34(55)44-12-6-7-24(44)32(53)40-23(16-47)31(52)42-28(35(2,3)58)33(54)41-22(15-46)30(51)39-21(14-45)29(36)50/h8-11,20-24,28,45-47,49,58H,6-7,12-16H2,1-5H3,(H2,36,50)(H,37,48)(H,39,51)(H,40,53)(H,41,54)(H,42,52)/t20-,21-,22-,23+,24-,28+/m0/s1. The number of aliphatic hydroxyl groups is 3. The van der Waals surface area contributed by atoms with Crippen LogP contribution in [-0.4, -0.2) is 166 Å². The summed E-state index contributed by atoms with van der Waals surface area (Å²) in [4.78, 5) is 96.1. The predicted octanol–water partition coefficient (Wildman–Crippen LogP) is -4.66. The number of amides is 7. The summed E-state index contributed by atoms with van der Waals surface area (Å²) in [6, 6.07) is -3.64. The summed E-state index contributed by atoms with van der Waals surface area (Å²) in [6.45, 7) is 1.28. The minimum absolute atomic E-state index is 0.0644. The van der Waals surface area contributed by atoms with Crippen molar-refractivity contribution in [3.8, 4) is 5.75 Å². The number of carbonyl (C=O) groups excluding carboxylic acids is 7. The number of thiol groups is 1. The van der Waals surface area contributed by atoms with Crippen molar-refractivity contribution in [3.63, 3.8) is 0 Å². The molecule has 1 aromatic carbocycles. The van der Waals surface area contributed by atoms with Crippen molar-refractivity contribution in [2.75, 3.05) is 40.5 Å². The van der Waals surface area contributed by atoms with Crippen molar-refractivity contribution < 1.29 is 62.4 Å². The summed E-state index contributed by atoms with van der Waals surface area (Å²) in [5.74, 6) is -6.76. The lowest BCUT2D eigenvalue weighted by molar-refractivity contribution is -0.142. The molecule has 24 heteroatoms. The lowest BCUT2D eigenvalue weighted by Crippen LogP contribution is -2.63. The van der Waals surface area contributed by atoms with Gasteiger partial charge in [0.25, 0.3) is 0 Å². The van der Waals surface area contributed by atoms with Crippen LogP contribution in [0.2, 0.25) is 0 Å². The topological polar surface area (TPSA) is 340 Å². The van der Waals surface area contributed by atoms with Crippen LogP contribution in [0.3, 0.4) is 0 Å². The summed E-state index contributed by atoms with van der Waals surface area (Å²) < 4.78 is 25.5. The van der Waals surface area contributed by atoms with Crippen molar-refractivity contribution in [1.82, 2.24) is 40.8 Å². The molecule has 7 amide bonds. The number of likely N-dealkylation sites (tertiary alicyclic amines) is 1. The molecule has 2 heterocycles. The third kappa shape index (κ3) is 12.0. The van der Waals surface area contributed by atoms with Crippen LogP contribution in [0.15, 0.2) is 29.2 Å². The van der Waals surface area contributed by atoms with Gasteiger partial charge in [-0.15, -0.1) is 0 Å². The molecule has 0 saturated carbocycles. The van der Waals surface area contributed by atoms with E-state index < -0.39 is 112 Å². The number of nitrogens with zero attached hydrogens (tertiary/aromatic N) is 3. The fourth-order valence-corrected chi connectivity index (χ4v) is 7.36. The van der Waals surface area contributed by atoms with Crippen LogP contribution in [0.4, 0.5) is 0 Å². The molecule has 2 aromatic rings. The van der Waals surface area contributed by atoms with Crippen LogP contribution in [0.25, 0.3) is 10.9 Å². The number of benzene rings is 1. The summed E-state index contributed by atoms with van der Waals surface area (Å²) >= 11 is 4.36. The molecule has 1 aromatic heterocycles. The Morgan fingerprint density at radius 1 is 0.881 bits per heavy atom. The monoisotopic (exact) mass is 869 g/mol. The first kappa shape index (κ1) is 48.2. The van der Waals surface area contributed by atoms with Crippen molar-refractivity contribution in [2.24, 2.45) is 5.73 Å². The van der Waals surface area contributed by atoms with Crippen molar-refractivity contribution >= 4 is 74.9 Å². The van der Waals surface area contributed by atoms with E-state index in [0.717, 1.165) is 4.31 Å². The van der Waals surface area contributed by atoms with Gasteiger partial charge in [-0.3, -0.25) is 33.6 Å². The van der Waals surface area contributed by atoms with Gasteiger partial charge < -0.3 is 57.6 Å². The Morgan fingerprint density at radius 3 is 2.00 bits per heavy atom. The first-order valence-corrected chi connectivity index (χ1v) is 20.0. The van der Waals surface area contributed by atoms with E-state index in [4.69, 9.17) is 5.73 Å². The summed E-state index contributed by atoms with van der Waals surface area (Å²) in [5.41, 5.74) is 5.23. The molecule has 0 aliphatic carbocycles. The molecule has 3 rings (SSSR count). The average Bonchev–Trinajstić information content (AvgIpc) is 3.66. The minimum Gasteiger partial charge on any atom is -0.506 e. The summed E-state index contributed by atoms with van der Waals surface area (Å²) in [6.07, 6.45) is 0.230. The Balaban J connectivity index is 1.79. The van der Waals surface area contributed by atoms with E-state index >= 15 is 0 Å². The maximum atomic E-state index is 14.0. The highest BCUT2D eigenvalue weighted by Crippen LogP contribution is 2.31. The van der Waals surface area contributed by atoms with Gasteiger partial charge in [-0.05, 0) is 51.0 Å². The second-order valence-corrected chi connectivity index (χ2v) is 17.7. The molecule has 22 nitrogen and oxygen atoms in total. The number of pyridine rings is 1. The van der Waals surface area contributed by atoms with Gasteiger partial charge in [0.2, 0.25) is 51.4 Å². The Morgan fingerprint density at radius 2 is 1.46 bits per heavy atom. The number of rotatable bonds is 19. The highest BCUT2D eigenvalue weighted by molar-refractivity contribution is 7.89. The largest absolute Gasteiger partial charge is 0.506 e. The summed E-state index contributed by atoms with van der Waals surface area (Å²) in [5, 5.41) is 51.4. The second kappa shape index (κ2) is 20.2. The third-order valence-electron chi connectivity index (χ3n) is 9.27. The maximum Gasteiger partial charge on any atom is 0.246 e. The van der Waals surface area contributed by atoms with Gasteiger partial charge in [-0.25, -0.2) is 17.7 Å². The smallest absolute Gasteiger partial charge is 0.246 e. The number of sulfonamides is 1. The zero-order valence-electron chi connectivity index (χ0n) is 33.0. The van der Waals surface area contributed by atoms with Crippen molar-refractivity contribution in [3.05, 3.63) is 30.0 Å². The number of hydrogen-bond donors (Lipinski definition) is 11. The van der Waals surface area contributed by atoms with Crippen LogP contribution in [0.1, 0.15) is 39.3 Å². The normalized spacial score (nSPS) is 17.0. The zero-order chi connectivity index (χ0) is 44.6. The Kier molecular flexibility index (Phi) is 16.5. The molecule has 1 aliphatic heterocycles. The SMILES string of the molecule is CC(=O)N[C@@H](Cc1ccc2c(S(=O)(=O)N(C)C)ccc(O)c2n1)C(=O)N1CCC[C@H]1C(=O)N[C@H](CO)C(=O)N[C@H](C(=O)N[C@@H](CO)C(=O)N[C@@H](CO)C(N)=O)C(C)(C)S. The highest BCUT2D eigenvalue weighted by Gasteiger charge is 2.41. The fourth-order valence-electron chi connectivity index (χ4n) is 6.11. The van der Waals surface area contributed by atoms with Crippen molar-refractivity contribution in [1.29, 1.82) is 0 Å². The quantitative estimate of drug-likeness (QED) is 0.0592. The Labute approximate surface area is 345 Å². The van der Waals surface area contributed by atoms with E-state index in [1.807, 2.05) is 0 Å². The number of primary amides is 1. The number of hydrogen-bond acceptors (Lipinski definition) is 15. The Hall–Kier alpha value is -5.14. The minimum atomic E-state index is -3.93. The van der Waals surface area contributed by atoms with Crippen LogP contribution < -0.4 is 32.3 Å². The van der Waals surface area contributed by atoms with Crippen molar-refractivity contribution in [2.45, 2.75) is 85.9 Å². The number of carbonyl (C=O) groups is 7. The molecular formula is C35H51N9O13S2. The molecule has 0 spiro atoms. The first-order valence-electron chi connectivity index (χ1n) is 18.2. The number of fused-ring (bicyclic) bond motifs is 1. The van der Waals surface area contributed by atoms with E-state index in [0.29, 0.717) is 6.42 Å².